The predicted octanol–water partition coefficient (Wildman–Crippen LogP) is 0.279. The van der Waals surface area contributed by atoms with Gasteiger partial charge < -0.3 is 14.8 Å². The number of rotatable bonds is 3. The molecule has 2 rings (SSSR count). The van der Waals surface area contributed by atoms with Crippen molar-refractivity contribution in [3.63, 3.8) is 0 Å². The second kappa shape index (κ2) is 3.84. The number of aromatic nitrogens is 3. The Bertz CT molecular complexity index is 517. The SMILES string of the molecule is CCOC(O)c1cc(=O)[nH]c2[nH]ncc12. The molecule has 0 radical (unpaired) electrons. The van der Waals surface area contributed by atoms with Gasteiger partial charge in [0.25, 0.3) is 0 Å². The van der Waals surface area contributed by atoms with Crippen LogP contribution in [0.15, 0.2) is 17.1 Å². The first kappa shape index (κ1) is 9.88. The largest absolute Gasteiger partial charge is 0.364 e. The number of fused-ring (bicyclic) bond motifs is 1. The van der Waals surface area contributed by atoms with Crippen LogP contribution in [0.4, 0.5) is 0 Å². The molecule has 0 saturated heterocycles. The lowest BCUT2D eigenvalue weighted by atomic mass is 10.2. The van der Waals surface area contributed by atoms with Crippen LogP contribution in [0.5, 0.6) is 0 Å². The van der Waals surface area contributed by atoms with Gasteiger partial charge in [-0.25, -0.2) is 0 Å². The van der Waals surface area contributed by atoms with E-state index in [-0.39, 0.29) is 5.56 Å². The highest BCUT2D eigenvalue weighted by molar-refractivity contribution is 5.77. The standard InChI is InChI=1S/C9H11N3O3/c1-2-15-9(14)5-3-7(13)11-8-6(5)4-10-12-8/h3-4,9,14H,2H2,1H3,(H2,10,11,12,13). The van der Waals surface area contributed by atoms with E-state index in [4.69, 9.17) is 4.74 Å². The summed E-state index contributed by atoms with van der Waals surface area (Å²) in [6.07, 6.45) is 0.431. The van der Waals surface area contributed by atoms with E-state index in [1.165, 1.54) is 12.3 Å². The molecule has 0 aliphatic heterocycles. The summed E-state index contributed by atoms with van der Waals surface area (Å²) in [6.45, 7) is 2.14. The zero-order valence-electron chi connectivity index (χ0n) is 8.15. The lowest BCUT2D eigenvalue weighted by Gasteiger charge is -2.10. The summed E-state index contributed by atoms with van der Waals surface area (Å²) in [6, 6.07) is 1.30. The van der Waals surface area contributed by atoms with Crippen molar-refractivity contribution in [1.29, 1.82) is 0 Å². The number of hydrogen-bond donors (Lipinski definition) is 3. The Kier molecular flexibility index (Phi) is 2.53. The van der Waals surface area contributed by atoms with E-state index in [1.54, 1.807) is 6.92 Å². The van der Waals surface area contributed by atoms with Gasteiger partial charge in [-0.2, -0.15) is 5.10 Å². The number of nitrogens with zero attached hydrogens (tertiary/aromatic N) is 1. The third kappa shape index (κ3) is 1.77. The first-order valence-corrected chi connectivity index (χ1v) is 4.58. The number of H-pyrrole nitrogens is 2. The average Bonchev–Trinajstić information content (AvgIpc) is 2.64. The normalized spacial score (nSPS) is 13.2. The molecule has 0 aliphatic rings. The van der Waals surface area contributed by atoms with Crippen LogP contribution < -0.4 is 5.56 Å². The third-order valence-electron chi connectivity index (χ3n) is 2.08. The van der Waals surface area contributed by atoms with Gasteiger partial charge in [-0.05, 0) is 6.92 Å². The van der Waals surface area contributed by atoms with Crippen LogP contribution in [0.25, 0.3) is 11.0 Å². The fraction of sp³-hybridized carbons (Fsp3) is 0.333. The molecule has 6 heteroatoms. The molecule has 0 aromatic carbocycles. The second-order valence-electron chi connectivity index (χ2n) is 3.06. The summed E-state index contributed by atoms with van der Waals surface area (Å²) in [5.41, 5.74) is 0.598. The number of ether oxygens (including phenoxy) is 1. The van der Waals surface area contributed by atoms with E-state index >= 15 is 0 Å². The minimum absolute atomic E-state index is 0.305. The Morgan fingerprint density at radius 3 is 3.20 bits per heavy atom. The molecule has 80 valence electrons. The van der Waals surface area contributed by atoms with E-state index in [1.807, 2.05) is 0 Å². The van der Waals surface area contributed by atoms with Crippen LogP contribution in [0, 0.1) is 0 Å². The first-order chi connectivity index (χ1) is 7.22. The Morgan fingerprint density at radius 1 is 1.67 bits per heavy atom. The number of aromatic amines is 2. The minimum atomic E-state index is -1.10. The van der Waals surface area contributed by atoms with Gasteiger partial charge in [-0.1, -0.05) is 0 Å². The van der Waals surface area contributed by atoms with Crippen LogP contribution in [0.1, 0.15) is 18.8 Å². The molecule has 2 aromatic heterocycles. The summed E-state index contributed by atoms with van der Waals surface area (Å²) in [5, 5.41) is 16.7. The van der Waals surface area contributed by atoms with Crippen molar-refractivity contribution < 1.29 is 9.84 Å². The molecular weight excluding hydrogens is 198 g/mol. The van der Waals surface area contributed by atoms with Crippen LogP contribution in [-0.2, 0) is 4.74 Å². The number of nitrogens with one attached hydrogen (secondary N) is 2. The molecule has 0 bridgehead atoms. The van der Waals surface area contributed by atoms with E-state index in [0.29, 0.717) is 23.2 Å². The van der Waals surface area contributed by atoms with Crippen molar-refractivity contribution in [3.05, 3.63) is 28.2 Å². The van der Waals surface area contributed by atoms with Crippen molar-refractivity contribution in [1.82, 2.24) is 15.2 Å². The monoisotopic (exact) mass is 209 g/mol. The van der Waals surface area contributed by atoms with E-state index in [2.05, 4.69) is 15.2 Å². The molecule has 0 saturated carbocycles. The molecule has 2 aromatic rings. The highest BCUT2D eigenvalue weighted by Gasteiger charge is 2.13. The molecule has 1 unspecified atom stereocenters. The number of hydrogen-bond acceptors (Lipinski definition) is 4. The van der Waals surface area contributed by atoms with Crippen LogP contribution in [0.3, 0.4) is 0 Å². The Morgan fingerprint density at radius 2 is 2.47 bits per heavy atom. The molecule has 2 heterocycles. The van der Waals surface area contributed by atoms with Gasteiger partial charge in [0, 0.05) is 23.6 Å². The van der Waals surface area contributed by atoms with Gasteiger partial charge in [0.15, 0.2) is 6.29 Å². The first-order valence-electron chi connectivity index (χ1n) is 4.58. The minimum Gasteiger partial charge on any atom is -0.364 e. The predicted molar refractivity (Wildman–Crippen MR) is 53.3 cm³/mol. The fourth-order valence-corrected chi connectivity index (χ4v) is 1.43. The van der Waals surface area contributed by atoms with Crippen LogP contribution >= 0.6 is 0 Å². The van der Waals surface area contributed by atoms with Crippen molar-refractivity contribution in [3.8, 4) is 0 Å². The topological polar surface area (TPSA) is 91.0 Å². The summed E-state index contributed by atoms with van der Waals surface area (Å²) >= 11 is 0. The number of aliphatic hydroxyl groups excluding tert-OH is 1. The van der Waals surface area contributed by atoms with E-state index in [0.717, 1.165) is 0 Å². The zero-order valence-corrected chi connectivity index (χ0v) is 8.15. The zero-order chi connectivity index (χ0) is 10.8. The number of aliphatic hydroxyl groups is 1. The summed E-state index contributed by atoms with van der Waals surface area (Å²) in [5.74, 6) is 0. The summed E-state index contributed by atoms with van der Waals surface area (Å²) < 4.78 is 5.02. The van der Waals surface area contributed by atoms with Crippen molar-refractivity contribution in [2.24, 2.45) is 0 Å². The van der Waals surface area contributed by atoms with Gasteiger partial charge in [0.2, 0.25) is 5.56 Å². The second-order valence-corrected chi connectivity index (χ2v) is 3.06. The van der Waals surface area contributed by atoms with E-state index < -0.39 is 6.29 Å². The molecule has 6 nitrogen and oxygen atoms in total. The summed E-state index contributed by atoms with van der Waals surface area (Å²) in [7, 11) is 0. The molecule has 3 N–H and O–H groups in total. The lowest BCUT2D eigenvalue weighted by molar-refractivity contribution is -0.0970. The molecule has 0 aliphatic carbocycles. The van der Waals surface area contributed by atoms with Crippen molar-refractivity contribution in [2.75, 3.05) is 6.61 Å². The Labute approximate surface area is 84.9 Å². The smallest absolute Gasteiger partial charge is 0.250 e. The molecule has 0 spiro atoms. The van der Waals surface area contributed by atoms with Gasteiger partial charge in [-0.15, -0.1) is 0 Å². The molecule has 0 amide bonds. The Hall–Kier alpha value is -1.66. The maximum Gasteiger partial charge on any atom is 0.250 e. The molecule has 15 heavy (non-hydrogen) atoms. The van der Waals surface area contributed by atoms with Crippen molar-refractivity contribution in [2.45, 2.75) is 13.2 Å². The highest BCUT2D eigenvalue weighted by Crippen LogP contribution is 2.20. The van der Waals surface area contributed by atoms with Gasteiger partial charge in [-0.3, -0.25) is 9.89 Å². The van der Waals surface area contributed by atoms with Crippen LogP contribution in [0.2, 0.25) is 0 Å². The van der Waals surface area contributed by atoms with Gasteiger partial charge in [0.05, 0.1) is 6.20 Å². The fourth-order valence-electron chi connectivity index (χ4n) is 1.43. The van der Waals surface area contributed by atoms with Gasteiger partial charge in [0.1, 0.15) is 5.65 Å². The highest BCUT2D eigenvalue weighted by atomic mass is 16.6. The van der Waals surface area contributed by atoms with Crippen molar-refractivity contribution >= 4 is 11.0 Å². The summed E-state index contributed by atoms with van der Waals surface area (Å²) in [4.78, 5) is 13.8. The third-order valence-corrected chi connectivity index (χ3v) is 2.08. The van der Waals surface area contributed by atoms with Crippen LogP contribution in [-0.4, -0.2) is 26.9 Å². The molecule has 1 atom stereocenters. The lowest BCUT2D eigenvalue weighted by Crippen LogP contribution is -2.11. The maximum absolute atomic E-state index is 11.2. The maximum atomic E-state index is 11.2. The quantitative estimate of drug-likeness (QED) is 0.633. The molecule has 0 fully saturated rings. The van der Waals surface area contributed by atoms with E-state index in [9.17, 15) is 9.90 Å². The average molecular weight is 209 g/mol. The molecular formula is C9H11N3O3. The number of pyridine rings is 1. The van der Waals surface area contributed by atoms with Gasteiger partial charge >= 0.3 is 0 Å². The Balaban J connectivity index is 2.57.